The van der Waals surface area contributed by atoms with E-state index in [1.165, 1.54) is 15.6 Å². The van der Waals surface area contributed by atoms with Crippen molar-refractivity contribution in [3.05, 3.63) is 33.1 Å². The molecular formula is C10H8Cl2S. The van der Waals surface area contributed by atoms with E-state index in [4.69, 9.17) is 23.2 Å². The predicted octanol–water partition coefficient (Wildman–Crippen LogP) is 4.77. The van der Waals surface area contributed by atoms with Gasteiger partial charge in [-0.3, -0.25) is 0 Å². The summed E-state index contributed by atoms with van der Waals surface area (Å²) in [6, 6.07) is 5.91. The van der Waals surface area contributed by atoms with Crippen LogP contribution in [0.15, 0.2) is 18.2 Å². The van der Waals surface area contributed by atoms with Crippen LogP contribution in [0.3, 0.4) is 0 Å². The molecule has 0 radical (unpaired) electrons. The molecule has 1 aromatic heterocycles. The van der Waals surface area contributed by atoms with E-state index in [-0.39, 0.29) is 0 Å². The Kier molecular flexibility index (Phi) is 2.50. The van der Waals surface area contributed by atoms with Gasteiger partial charge in [0.15, 0.2) is 0 Å². The van der Waals surface area contributed by atoms with Gasteiger partial charge >= 0.3 is 0 Å². The summed E-state index contributed by atoms with van der Waals surface area (Å²) < 4.78 is 2.06. The highest BCUT2D eigenvalue weighted by Crippen LogP contribution is 2.36. The average molecular weight is 231 g/mol. The molecule has 13 heavy (non-hydrogen) atoms. The Morgan fingerprint density at radius 2 is 2.08 bits per heavy atom. The molecule has 2 rings (SSSR count). The molecule has 0 saturated heterocycles. The first kappa shape index (κ1) is 9.32. The quantitative estimate of drug-likeness (QED) is 0.663. The van der Waals surface area contributed by atoms with E-state index in [1.54, 1.807) is 11.3 Å². The van der Waals surface area contributed by atoms with Crippen LogP contribution in [-0.2, 0) is 6.42 Å². The van der Waals surface area contributed by atoms with Crippen LogP contribution in [0.4, 0.5) is 0 Å². The molecule has 0 unspecified atom stereocenters. The number of hydrogen-bond donors (Lipinski definition) is 0. The van der Waals surface area contributed by atoms with Crippen LogP contribution in [0.25, 0.3) is 10.1 Å². The van der Waals surface area contributed by atoms with Gasteiger partial charge in [0.1, 0.15) is 0 Å². The second-order valence-electron chi connectivity index (χ2n) is 2.85. The molecule has 1 aromatic carbocycles. The molecule has 1 heterocycles. The Labute approximate surface area is 91.1 Å². The Morgan fingerprint density at radius 1 is 1.31 bits per heavy atom. The first-order chi connectivity index (χ1) is 6.22. The summed E-state index contributed by atoms with van der Waals surface area (Å²) in [5.41, 5.74) is 1.23. The van der Waals surface area contributed by atoms with Crippen molar-refractivity contribution in [3.63, 3.8) is 0 Å². The number of thiophene rings is 1. The third kappa shape index (κ3) is 1.56. The maximum atomic E-state index is 6.10. The molecule has 0 aliphatic rings. The van der Waals surface area contributed by atoms with Gasteiger partial charge in [-0.05, 0) is 29.5 Å². The maximum Gasteiger partial charge on any atom is 0.0972 e. The second kappa shape index (κ2) is 3.49. The van der Waals surface area contributed by atoms with E-state index in [2.05, 4.69) is 6.92 Å². The Hall–Kier alpha value is -0.240. The highest BCUT2D eigenvalue weighted by molar-refractivity contribution is 7.23. The SMILES string of the molecule is CCc1c(Cl)sc2cc(Cl)ccc12. The van der Waals surface area contributed by atoms with Gasteiger partial charge in [0, 0.05) is 9.72 Å². The van der Waals surface area contributed by atoms with E-state index in [0.717, 1.165) is 15.8 Å². The Balaban J connectivity index is 2.79. The highest BCUT2D eigenvalue weighted by Gasteiger charge is 2.08. The number of hydrogen-bond acceptors (Lipinski definition) is 1. The summed E-state index contributed by atoms with van der Waals surface area (Å²) in [5.74, 6) is 0. The van der Waals surface area contributed by atoms with Crippen LogP contribution in [0.1, 0.15) is 12.5 Å². The molecule has 0 atom stereocenters. The summed E-state index contributed by atoms with van der Waals surface area (Å²) in [6.07, 6.45) is 0.973. The zero-order valence-electron chi connectivity index (χ0n) is 7.10. The van der Waals surface area contributed by atoms with Crippen LogP contribution in [0, 0.1) is 0 Å². The minimum atomic E-state index is 0.771. The van der Waals surface area contributed by atoms with Gasteiger partial charge in [-0.25, -0.2) is 0 Å². The third-order valence-electron chi connectivity index (χ3n) is 2.06. The van der Waals surface area contributed by atoms with E-state index < -0.39 is 0 Å². The van der Waals surface area contributed by atoms with Gasteiger partial charge < -0.3 is 0 Å². The van der Waals surface area contributed by atoms with Crippen molar-refractivity contribution in [2.45, 2.75) is 13.3 Å². The van der Waals surface area contributed by atoms with Crippen molar-refractivity contribution in [1.82, 2.24) is 0 Å². The summed E-state index contributed by atoms with van der Waals surface area (Å²) in [4.78, 5) is 0. The van der Waals surface area contributed by atoms with Crippen molar-refractivity contribution in [1.29, 1.82) is 0 Å². The van der Waals surface area contributed by atoms with Crippen LogP contribution >= 0.6 is 34.5 Å². The molecule has 0 saturated carbocycles. The van der Waals surface area contributed by atoms with Crippen molar-refractivity contribution < 1.29 is 0 Å². The van der Waals surface area contributed by atoms with Crippen molar-refractivity contribution >= 4 is 44.6 Å². The first-order valence-corrected chi connectivity index (χ1v) is 5.66. The fourth-order valence-electron chi connectivity index (χ4n) is 1.42. The van der Waals surface area contributed by atoms with Gasteiger partial charge in [0.2, 0.25) is 0 Å². The zero-order valence-corrected chi connectivity index (χ0v) is 9.43. The van der Waals surface area contributed by atoms with E-state index >= 15 is 0 Å². The normalized spacial score (nSPS) is 11.0. The van der Waals surface area contributed by atoms with E-state index in [9.17, 15) is 0 Å². The molecule has 3 heteroatoms. The lowest BCUT2D eigenvalue weighted by atomic mass is 10.1. The van der Waals surface area contributed by atoms with Gasteiger partial charge in [-0.2, -0.15) is 0 Å². The first-order valence-electron chi connectivity index (χ1n) is 4.08. The standard InChI is InChI=1S/C10H8Cl2S/c1-2-7-8-4-3-6(11)5-9(8)13-10(7)12/h3-5H,2H2,1H3. The number of halogens is 2. The van der Waals surface area contributed by atoms with E-state index in [0.29, 0.717) is 0 Å². The monoisotopic (exact) mass is 230 g/mol. The molecule has 0 aliphatic heterocycles. The molecule has 68 valence electrons. The summed E-state index contributed by atoms with van der Waals surface area (Å²) >= 11 is 13.6. The maximum absolute atomic E-state index is 6.10. The number of benzene rings is 1. The Morgan fingerprint density at radius 3 is 2.77 bits per heavy atom. The third-order valence-corrected chi connectivity index (χ3v) is 3.74. The molecular weight excluding hydrogens is 223 g/mol. The van der Waals surface area contributed by atoms with Gasteiger partial charge in [-0.1, -0.05) is 36.2 Å². The highest BCUT2D eigenvalue weighted by atomic mass is 35.5. The summed E-state index contributed by atoms with van der Waals surface area (Å²) in [6.45, 7) is 2.11. The lowest BCUT2D eigenvalue weighted by Crippen LogP contribution is -1.75. The van der Waals surface area contributed by atoms with Crippen molar-refractivity contribution in [2.75, 3.05) is 0 Å². The lowest BCUT2D eigenvalue weighted by Gasteiger charge is -1.94. The number of fused-ring (bicyclic) bond motifs is 1. The fraction of sp³-hybridized carbons (Fsp3) is 0.200. The van der Waals surface area contributed by atoms with Crippen molar-refractivity contribution in [3.8, 4) is 0 Å². The minimum absolute atomic E-state index is 0.771. The summed E-state index contributed by atoms with van der Waals surface area (Å²) in [7, 11) is 0. The molecule has 0 spiro atoms. The van der Waals surface area contributed by atoms with Gasteiger partial charge in [-0.15, -0.1) is 11.3 Å². The number of aryl methyl sites for hydroxylation is 1. The largest absolute Gasteiger partial charge is 0.123 e. The minimum Gasteiger partial charge on any atom is -0.123 e. The molecule has 2 aromatic rings. The van der Waals surface area contributed by atoms with Gasteiger partial charge in [0.05, 0.1) is 4.34 Å². The smallest absolute Gasteiger partial charge is 0.0972 e. The Bertz CT molecular complexity index is 445. The molecule has 0 fully saturated rings. The molecule has 0 nitrogen and oxygen atoms in total. The molecule has 0 amide bonds. The van der Waals surface area contributed by atoms with Crippen LogP contribution in [-0.4, -0.2) is 0 Å². The predicted molar refractivity (Wildman–Crippen MR) is 61.2 cm³/mol. The fourth-order valence-corrected chi connectivity index (χ4v) is 3.20. The summed E-state index contributed by atoms with van der Waals surface area (Å²) in [5, 5.41) is 2.01. The number of rotatable bonds is 1. The topological polar surface area (TPSA) is 0 Å². The average Bonchev–Trinajstić information content (AvgIpc) is 2.39. The van der Waals surface area contributed by atoms with Crippen LogP contribution in [0.5, 0.6) is 0 Å². The molecule has 0 aliphatic carbocycles. The zero-order chi connectivity index (χ0) is 9.42. The van der Waals surface area contributed by atoms with Gasteiger partial charge in [0.25, 0.3) is 0 Å². The van der Waals surface area contributed by atoms with Crippen LogP contribution < -0.4 is 0 Å². The molecule has 0 bridgehead atoms. The lowest BCUT2D eigenvalue weighted by molar-refractivity contribution is 1.17. The molecule has 0 N–H and O–H groups in total. The van der Waals surface area contributed by atoms with Crippen molar-refractivity contribution in [2.24, 2.45) is 0 Å². The second-order valence-corrected chi connectivity index (χ2v) is 4.94. The van der Waals surface area contributed by atoms with Crippen LogP contribution in [0.2, 0.25) is 9.36 Å². The van der Waals surface area contributed by atoms with E-state index in [1.807, 2.05) is 18.2 Å².